The van der Waals surface area contributed by atoms with Gasteiger partial charge < -0.3 is 10.6 Å². The zero-order valence-corrected chi connectivity index (χ0v) is 15.2. The van der Waals surface area contributed by atoms with Gasteiger partial charge in [-0.2, -0.15) is 0 Å². The van der Waals surface area contributed by atoms with Crippen LogP contribution in [-0.2, 0) is 20.6 Å². The highest BCUT2D eigenvalue weighted by molar-refractivity contribution is 7.88. The molecule has 0 heterocycles. The first-order chi connectivity index (χ1) is 12.7. The largest absolute Gasteiger partial charge is 0.385 e. The smallest absolute Gasteiger partial charge is 0.269 e. The Hall–Kier alpha value is -2.98. The van der Waals surface area contributed by atoms with Gasteiger partial charge in [0.05, 0.1) is 10.7 Å². The van der Waals surface area contributed by atoms with Crippen molar-refractivity contribution >= 4 is 33.0 Å². The van der Waals surface area contributed by atoms with Gasteiger partial charge in [0.1, 0.15) is 0 Å². The highest BCUT2D eigenvalue weighted by Gasteiger charge is 2.07. The second-order valence-corrected chi connectivity index (χ2v) is 7.50. The molecule has 144 valence electrons. The number of hydrogen-bond acceptors (Lipinski definition) is 6. The Morgan fingerprint density at radius 1 is 1.04 bits per heavy atom. The van der Waals surface area contributed by atoms with E-state index in [2.05, 4.69) is 10.6 Å². The molecule has 27 heavy (non-hydrogen) atoms. The second kappa shape index (κ2) is 9.10. The molecule has 9 nitrogen and oxygen atoms in total. The van der Waals surface area contributed by atoms with Crippen molar-refractivity contribution in [1.29, 1.82) is 0 Å². The molecule has 0 bridgehead atoms. The summed E-state index contributed by atoms with van der Waals surface area (Å²) in [6.45, 7) is 0.540. The molecular weight excluding hydrogens is 372 g/mol. The van der Waals surface area contributed by atoms with Crippen molar-refractivity contribution < 1.29 is 18.1 Å². The fourth-order valence-corrected chi connectivity index (χ4v) is 2.98. The Bertz CT molecular complexity index is 896. The van der Waals surface area contributed by atoms with Gasteiger partial charge in [0.25, 0.3) is 5.69 Å². The topological polar surface area (TPSA) is 144 Å². The van der Waals surface area contributed by atoms with E-state index in [1.165, 1.54) is 12.1 Å². The highest BCUT2D eigenvalue weighted by atomic mass is 32.2. The molecule has 4 N–H and O–H groups in total. The predicted molar refractivity (Wildman–Crippen MR) is 103 cm³/mol. The van der Waals surface area contributed by atoms with Crippen LogP contribution in [0.25, 0.3) is 0 Å². The van der Waals surface area contributed by atoms with Gasteiger partial charge in [0, 0.05) is 36.5 Å². The van der Waals surface area contributed by atoms with Crippen LogP contribution in [0, 0.1) is 10.1 Å². The number of benzene rings is 2. The van der Waals surface area contributed by atoms with E-state index in [0.717, 1.165) is 5.69 Å². The van der Waals surface area contributed by atoms with Crippen molar-refractivity contribution in [2.75, 3.05) is 17.2 Å². The third-order valence-corrected chi connectivity index (χ3v) is 4.33. The van der Waals surface area contributed by atoms with Crippen LogP contribution < -0.4 is 15.8 Å². The van der Waals surface area contributed by atoms with Crippen LogP contribution in [0.15, 0.2) is 48.5 Å². The lowest BCUT2D eigenvalue weighted by Gasteiger charge is -2.08. The molecule has 0 aliphatic heterocycles. The monoisotopic (exact) mass is 392 g/mol. The number of nitrogens with two attached hydrogens (primary N) is 1. The quantitative estimate of drug-likeness (QED) is 0.339. The lowest BCUT2D eigenvalue weighted by Crippen LogP contribution is -2.15. The molecule has 2 rings (SSSR count). The van der Waals surface area contributed by atoms with Crippen LogP contribution in [0.3, 0.4) is 0 Å². The number of rotatable bonds is 9. The third kappa shape index (κ3) is 7.42. The van der Waals surface area contributed by atoms with Gasteiger partial charge in [-0.05, 0) is 36.2 Å². The molecule has 2 aromatic carbocycles. The van der Waals surface area contributed by atoms with Crippen LogP contribution in [-0.4, -0.2) is 25.8 Å². The minimum absolute atomic E-state index is 0.0232. The summed E-state index contributed by atoms with van der Waals surface area (Å²) in [6.07, 6.45) is 0.866. The Labute approximate surface area is 156 Å². The number of non-ortho nitro benzene ring substituents is 1. The van der Waals surface area contributed by atoms with E-state index < -0.39 is 14.9 Å². The minimum Gasteiger partial charge on any atom is -0.385 e. The summed E-state index contributed by atoms with van der Waals surface area (Å²) in [5, 5.41) is 21.4. The van der Waals surface area contributed by atoms with Crippen LogP contribution in [0.4, 0.5) is 17.1 Å². The van der Waals surface area contributed by atoms with Gasteiger partial charge in [-0.3, -0.25) is 14.9 Å². The van der Waals surface area contributed by atoms with Crippen molar-refractivity contribution in [1.82, 2.24) is 0 Å². The molecule has 0 spiro atoms. The Morgan fingerprint density at radius 3 is 2.19 bits per heavy atom. The second-order valence-electron chi connectivity index (χ2n) is 5.89. The van der Waals surface area contributed by atoms with Gasteiger partial charge in [-0.25, -0.2) is 13.6 Å². The molecular formula is C17H20N4O5S. The van der Waals surface area contributed by atoms with E-state index in [-0.39, 0.29) is 17.3 Å². The number of hydrogen-bond donors (Lipinski definition) is 3. The van der Waals surface area contributed by atoms with E-state index in [1.54, 1.807) is 36.4 Å². The standard InChI is InChI=1S/C17H20N4O5S/c18-27(25,26)12-13-3-5-15(6-4-13)20-17(22)2-1-11-19-14-7-9-16(10-8-14)21(23)24/h3-10,19H,1-2,11-12H2,(H,20,22)(H2,18,25,26). The number of anilines is 2. The minimum atomic E-state index is -3.59. The van der Waals surface area contributed by atoms with E-state index >= 15 is 0 Å². The molecule has 1 amide bonds. The molecule has 10 heteroatoms. The predicted octanol–water partition coefficient (Wildman–Crippen LogP) is 2.21. The number of nitrogens with one attached hydrogen (secondary N) is 2. The maximum Gasteiger partial charge on any atom is 0.269 e. The van der Waals surface area contributed by atoms with Gasteiger partial charge in [-0.15, -0.1) is 0 Å². The van der Waals surface area contributed by atoms with Crippen LogP contribution in [0.1, 0.15) is 18.4 Å². The lowest BCUT2D eigenvalue weighted by molar-refractivity contribution is -0.384. The first-order valence-corrected chi connectivity index (χ1v) is 9.82. The SMILES string of the molecule is NS(=O)(=O)Cc1ccc(NC(=O)CCCNc2ccc([N+](=O)[O-])cc2)cc1. The Balaban J connectivity index is 1.72. The summed E-state index contributed by atoms with van der Waals surface area (Å²) in [6, 6.07) is 12.5. The van der Waals surface area contributed by atoms with Gasteiger partial charge in [0.15, 0.2) is 0 Å². The molecule has 0 aliphatic rings. The van der Waals surface area contributed by atoms with Crippen molar-refractivity contribution in [3.8, 4) is 0 Å². The maximum absolute atomic E-state index is 11.9. The number of carbonyl (C=O) groups excluding carboxylic acids is 1. The zero-order valence-electron chi connectivity index (χ0n) is 14.4. The fraction of sp³-hybridized carbons (Fsp3) is 0.235. The molecule has 0 saturated carbocycles. The summed E-state index contributed by atoms with van der Waals surface area (Å²) in [7, 11) is -3.59. The number of amides is 1. The summed E-state index contributed by atoms with van der Waals surface area (Å²) < 4.78 is 22.1. The van der Waals surface area contributed by atoms with Crippen LogP contribution >= 0.6 is 0 Å². The van der Waals surface area contributed by atoms with Gasteiger partial charge in [-0.1, -0.05) is 12.1 Å². The highest BCUT2D eigenvalue weighted by Crippen LogP contribution is 2.15. The summed E-state index contributed by atoms with van der Waals surface area (Å²) >= 11 is 0. The average molecular weight is 392 g/mol. The molecule has 0 aromatic heterocycles. The molecule has 0 aliphatic carbocycles. The number of sulfonamides is 1. The molecule has 0 fully saturated rings. The lowest BCUT2D eigenvalue weighted by atomic mass is 10.2. The molecule has 0 radical (unpaired) electrons. The van der Waals surface area contributed by atoms with Crippen molar-refractivity contribution in [3.63, 3.8) is 0 Å². The fourth-order valence-electron chi connectivity index (χ4n) is 2.32. The summed E-state index contributed by atoms with van der Waals surface area (Å²) in [5.74, 6) is -0.421. The normalized spacial score (nSPS) is 11.0. The van der Waals surface area contributed by atoms with Gasteiger partial charge >= 0.3 is 0 Å². The first-order valence-electron chi connectivity index (χ1n) is 8.10. The van der Waals surface area contributed by atoms with Crippen molar-refractivity contribution in [2.24, 2.45) is 5.14 Å². The van der Waals surface area contributed by atoms with Crippen LogP contribution in [0.2, 0.25) is 0 Å². The molecule has 0 saturated heterocycles. The number of primary sulfonamides is 1. The summed E-state index contributed by atoms with van der Waals surface area (Å²) in [4.78, 5) is 22.1. The van der Waals surface area contributed by atoms with E-state index in [9.17, 15) is 23.3 Å². The van der Waals surface area contributed by atoms with Crippen LogP contribution in [0.5, 0.6) is 0 Å². The third-order valence-electron chi connectivity index (χ3n) is 3.59. The number of nitrogens with zero attached hydrogens (tertiary/aromatic N) is 1. The first kappa shape index (κ1) is 20.3. The number of carbonyl (C=O) groups is 1. The van der Waals surface area contributed by atoms with Crippen molar-refractivity contribution in [3.05, 3.63) is 64.2 Å². The molecule has 0 unspecified atom stereocenters. The Kier molecular flexibility index (Phi) is 6.85. The maximum atomic E-state index is 11.9. The van der Waals surface area contributed by atoms with E-state index in [1.807, 2.05) is 0 Å². The van der Waals surface area contributed by atoms with E-state index in [4.69, 9.17) is 5.14 Å². The summed E-state index contributed by atoms with van der Waals surface area (Å²) in [5.41, 5.74) is 1.88. The van der Waals surface area contributed by atoms with E-state index in [0.29, 0.717) is 30.6 Å². The molecule has 0 atom stereocenters. The number of nitro groups is 1. The number of nitro benzene ring substituents is 1. The molecule has 2 aromatic rings. The van der Waals surface area contributed by atoms with Crippen molar-refractivity contribution in [2.45, 2.75) is 18.6 Å². The average Bonchev–Trinajstić information content (AvgIpc) is 2.59. The zero-order chi connectivity index (χ0) is 19.9. The van der Waals surface area contributed by atoms with Gasteiger partial charge in [0.2, 0.25) is 15.9 Å². The Morgan fingerprint density at radius 2 is 1.63 bits per heavy atom.